The van der Waals surface area contributed by atoms with Crippen LogP contribution in [0.3, 0.4) is 0 Å². The summed E-state index contributed by atoms with van der Waals surface area (Å²) in [6.45, 7) is 18.6. The van der Waals surface area contributed by atoms with Crippen LogP contribution in [-0.2, 0) is 54.3 Å². The van der Waals surface area contributed by atoms with E-state index in [9.17, 15) is 48.3 Å². The Kier molecular flexibility index (Phi) is 25.3. The summed E-state index contributed by atoms with van der Waals surface area (Å²) in [6.07, 6.45) is 1.12. The highest BCUT2D eigenvalue weighted by molar-refractivity contribution is 5.98. The Hall–Kier alpha value is -5.63. The van der Waals surface area contributed by atoms with Crippen molar-refractivity contribution in [2.45, 2.75) is 187 Å². The first-order valence-corrected chi connectivity index (χ1v) is 27.3. The maximum absolute atomic E-state index is 15.0. The smallest absolute Gasteiger partial charge is 0.248 e. The lowest BCUT2D eigenvalue weighted by atomic mass is 9.97. The molecule has 76 heavy (non-hydrogen) atoms. The minimum absolute atomic E-state index is 0.0400. The number of piperidine rings is 1. The predicted molar refractivity (Wildman–Crippen MR) is 290 cm³/mol. The van der Waals surface area contributed by atoms with Crippen LogP contribution >= 0.6 is 0 Å². The van der Waals surface area contributed by atoms with Gasteiger partial charge in [0.05, 0.1) is 24.7 Å². The molecule has 0 bridgehead atoms. The van der Waals surface area contributed by atoms with E-state index in [0.29, 0.717) is 18.7 Å². The SMILES string of the molecule is CC(C)C[C@H]1C(=O)N(C)[C@@H](CC(C)C)C(=O)N[C@H](C(=O)N2CCCCC2)CC(=O)N(C)CCCC(=O)N(C)[C@@H](Cc2ccccc2)C(=O)N[C@@H]([C@@H](C)O)C(=O)N(C)[C@@H](CC(C)C)C(=O)N[C@@H](COC(C)(C)C)C(=O)N1C. The van der Waals surface area contributed by atoms with Gasteiger partial charge in [-0.2, -0.15) is 0 Å². The molecule has 8 atom stereocenters. The standard InChI is InChI=1S/C56H93N9O11/c1-35(2)29-42-49(69)57-40(53(73)65-27-20-17-21-28-65)33-47(68)60(11)26-22-25-46(67)61(12)44(32-39-23-18-16-19-24-39)51(71)59-48(38(7)66)55(75)63(14)43(30-36(3)4)50(70)58-41(34-76-56(8,9)10)52(72)64(15)45(31-37(5)6)54(74)62(42)13/h16,18-19,23-24,35-38,40-45,48,66H,17,20-22,25-34H2,1-15H3,(H,57,69)(H,58,70)(H,59,71)/t38-,40+,41+,42+,43+,44+,45+,48+/m1/s1. The number of nitrogens with zero attached hydrogens (tertiary/aromatic N) is 6. The van der Waals surface area contributed by atoms with Crippen LogP contribution in [0.4, 0.5) is 0 Å². The minimum Gasteiger partial charge on any atom is -0.391 e. The number of carbonyl (C=O) groups excluding carboxylic acids is 9. The largest absolute Gasteiger partial charge is 0.391 e. The van der Waals surface area contributed by atoms with E-state index in [1.807, 2.05) is 47.6 Å². The average Bonchev–Trinajstić information content (AvgIpc) is 3.36. The first kappa shape index (κ1) is 64.7. The Labute approximate surface area is 452 Å². The van der Waals surface area contributed by atoms with Gasteiger partial charge in [-0.05, 0) is 96.0 Å². The number of aliphatic hydroxyl groups is 1. The summed E-state index contributed by atoms with van der Waals surface area (Å²) in [7, 11) is 7.33. The Morgan fingerprint density at radius 3 is 1.63 bits per heavy atom. The monoisotopic (exact) mass is 1070 g/mol. The van der Waals surface area contributed by atoms with Gasteiger partial charge in [-0.15, -0.1) is 0 Å². The van der Waals surface area contributed by atoms with Crippen molar-refractivity contribution in [2.75, 3.05) is 61.5 Å². The predicted octanol–water partition coefficient (Wildman–Crippen LogP) is 2.98. The van der Waals surface area contributed by atoms with Crippen molar-refractivity contribution >= 4 is 53.2 Å². The van der Waals surface area contributed by atoms with Crippen molar-refractivity contribution in [2.24, 2.45) is 17.8 Å². The molecule has 2 saturated heterocycles. The molecule has 428 valence electrons. The lowest BCUT2D eigenvalue weighted by Gasteiger charge is -2.38. The molecule has 0 saturated carbocycles. The van der Waals surface area contributed by atoms with E-state index in [4.69, 9.17) is 4.74 Å². The number of ether oxygens (including phenoxy) is 1. The lowest BCUT2D eigenvalue weighted by molar-refractivity contribution is -0.152. The summed E-state index contributed by atoms with van der Waals surface area (Å²) in [5, 5.41) is 19.6. The molecule has 2 heterocycles. The number of carbonyl (C=O) groups is 9. The van der Waals surface area contributed by atoms with Gasteiger partial charge in [0, 0.05) is 67.7 Å². The first-order chi connectivity index (χ1) is 35.4. The molecule has 2 aliphatic rings. The Morgan fingerprint density at radius 1 is 0.605 bits per heavy atom. The Morgan fingerprint density at radius 2 is 1.11 bits per heavy atom. The quantitative estimate of drug-likeness (QED) is 0.238. The van der Waals surface area contributed by atoms with Crippen molar-refractivity contribution in [3.05, 3.63) is 35.9 Å². The minimum atomic E-state index is -1.58. The van der Waals surface area contributed by atoms with Crippen LogP contribution < -0.4 is 16.0 Å². The number of likely N-dealkylation sites (N-methyl/N-ethyl adjacent to an activating group) is 4. The summed E-state index contributed by atoms with van der Waals surface area (Å²) >= 11 is 0. The number of nitrogens with one attached hydrogen (secondary N) is 3. The van der Waals surface area contributed by atoms with Crippen molar-refractivity contribution in [3.8, 4) is 0 Å². The maximum atomic E-state index is 15.0. The topological polar surface area (TPSA) is 239 Å². The third-order valence-corrected chi connectivity index (χ3v) is 14.2. The fourth-order valence-corrected chi connectivity index (χ4v) is 9.54. The average molecular weight is 1070 g/mol. The summed E-state index contributed by atoms with van der Waals surface area (Å²) < 4.78 is 6.13. The van der Waals surface area contributed by atoms with Crippen LogP contribution in [0.2, 0.25) is 0 Å². The number of aliphatic hydroxyl groups excluding tert-OH is 1. The van der Waals surface area contributed by atoms with Gasteiger partial charge in [0.25, 0.3) is 0 Å². The van der Waals surface area contributed by atoms with Gasteiger partial charge < -0.3 is 55.2 Å². The summed E-state index contributed by atoms with van der Waals surface area (Å²) in [4.78, 5) is 139. The van der Waals surface area contributed by atoms with E-state index in [0.717, 1.165) is 24.2 Å². The molecule has 0 unspecified atom stereocenters. The number of likely N-dealkylation sites (tertiary alicyclic amines) is 1. The van der Waals surface area contributed by atoms with Crippen molar-refractivity contribution in [3.63, 3.8) is 0 Å². The van der Waals surface area contributed by atoms with E-state index in [2.05, 4.69) is 16.0 Å². The number of hydrogen-bond donors (Lipinski definition) is 4. The molecule has 1 aromatic rings. The van der Waals surface area contributed by atoms with E-state index in [1.54, 1.807) is 57.0 Å². The number of rotatable bonds is 12. The molecule has 2 fully saturated rings. The molecule has 9 amide bonds. The zero-order chi connectivity index (χ0) is 57.4. The highest BCUT2D eigenvalue weighted by atomic mass is 16.5. The van der Waals surface area contributed by atoms with Crippen LogP contribution in [0.15, 0.2) is 30.3 Å². The molecule has 0 spiro atoms. The van der Waals surface area contributed by atoms with E-state index < -0.39 is 114 Å². The van der Waals surface area contributed by atoms with Gasteiger partial charge in [-0.3, -0.25) is 43.2 Å². The second-order valence-electron chi connectivity index (χ2n) is 23.3. The number of benzene rings is 1. The van der Waals surface area contributed by atoms with Crippen molar-refractivity contribution < 1.29 is 53.0 Å². The fourth-order valence-electron chi connectivity index (χ4n) is 9.54. The van der Waals surface area contributed by atoms with Gasteiger partial charge in [0.1, 0.15) is 42.3 Å². The molecule has 2 aliphatic heterocycles. The third-order valence-electron chi connectivity index (χ3n) is 14.2. The highest BCUT2D eigenvalue weighted by Crippen LogP contribution is 2.22. The fraction of sp³-hybridized carbons (Fsp3) is 0.732. The zero-order valence-electron chi connectivity index (χ0n) is 48.4. The van der Waals surface area contributed by atoms with Gasteiger partial charge in [0.2, 0.25) is 53.2 Å². The van der Waals surface area contributed by atoms with Gasteiger partial charge in [0.15, 0.2) is 0 Å². The molecule has 20 nitrogen and oxygen atoms in total. The second kappa shape index (κ2) is 29.8. The van der Waals surface area contributed by atoms with Crippen LogP contribution in [0.5, 0.6) is 0 Å². The molecular weight excluding hydrogens is 975 g/mol. The molecule has 3 rings (SSSR count). The van der Waals surface area contributed by atoms with Crippen molar-refractivity contribution in [1.29, 1.82) is 0 Å². The molecule has 0 aliphatic carbocycles. The van der Waals surface area contributed by atoms with Crippen LogP contribution in [0.25, 0.3) is 0 Å². The Bertz CT molecular complexity index is 2120. The van der Waals surface area contributed by atoms with Crippen LogP contribution in [0.1, 0.15) is 133 Å². The molecule has 0 aromatic heterocycles. The molecule has 20 heteroatoms. The van der Waals surface area contributed by atoms with Gasteiger partial charge in [-0.25, -0.2) is 0 Å². The second-order valence-corrected chi connectivity index (χ2v) is 23.3. The summed E-state index contributed by atoms with van der Waals surface area (Å²) in [5.74, 6) is -5.96. The van der Waals surface area contributed by atoms with Crippen LogP contribution in [0, 0.1) is 17.8 Å². The van der Waals surface area contributed by atoms with Gasteiger partial charge in [-0.1, -0.05) is 71.9 Å². The number of hydrogen-bond acceptors (Lipinski definition) is 11. The third kappa shape index (κ3) is 19.4. The van der Waals surface area contributed by atoms with E-state index in [-0.39, 0.29) is 69.4 Å². The normalized spacial score (nSPS) is 25.3. The molecular formula is C56H93N9O11. The van der Waals surface area contributed by atoms with Crippen LogP contribution in [-0.4, -0.2) is 203 Å². The number of amides is 9. The van der Waals surface area contributed by atoms with Gasteiger partial charge >= 0.3 is 0 Å². The van der Waals surface area contributed by atoms with E-state index >= 15 is 0 Å². The Balaban J connectivity index is 2.26. The highest BCUT2D eigenvalue weighted by Gasteiger charge is 2.42. The summed E-state index contributed by atoms with van der Waals surface area (Å²) in [6, 6.07) is 0.0165. The molecule has 4 N–H and O–H groups in total. The summed E-state index contributed by atoms with van der Waals surface area (Å²) in [5.41, 5.74) is -0.0803. The molecule has 1 aromatic carbocycles. The van der Waals surface area contributed by atoms with Crippen molar-refractivity contribution in [1.82, 2.24) is 45.3 Å². The first-order valence-electron chi connectivity index (χ1n) is 27.3. The van der Waals surface area contributed by atoms with E-state index in [1.165, 1.54) is 54.7 Å². The maximum Gasteiger partial charge on any atom is 0.248 e. The zero-order valence-corrected chi connectivity index (χ0v) is 48.4. The molecule has 0 radical (unpaired) electrons. The lowest BCUT2D eigenvalue weighted by Crippen LogP contribution is -2.62.